The number of carbonyl (C=O) groups excluding carboxylic acids is 1. The van der Waals surface area contributed by atoms with Gasteiger partial charge in [-0.15, -0.1) is 0 Å². The maximum absolute atomic E-state index is 13.2. The van der Waals surface area contributed by atoms with Crippen molar-refractivity contribution in [3.63, 3.8) is 0 Å². The van der Waals surface area contributed by atoms with Gasteiger partial charge in [-0.25, -0.2) is 0 Å². The van der Waals surface area contributed by atoms with Gasteiger partial charge in [-0.1, -0.05) is 68.5 Å². The fourth-order valence-corrected chi connectivity index (χ4v) is 4.37. The molecule has 0 fully saturated rings. The van der Waals surface area contributed by atoms with Crippen LogP contribution in [0.3, 0.4) is 0 Å². The predicted octanol–water partition coefficient (Wildman–Crippen LogP) is 7.56. The molecule has 3 aromatic rings. The zero-order chi connectivity index (χ0) is 24.3. The number of nitrogens with zero attached hydrogens (tertiary/aromatic N) is 1. The number of hydrogen-bond acceptors (Lipinski definition) is 3. The molecule has 3 rings (SSSR count). The zero-order valence-electron chi connectivity index (χ0n) is 20.8. The van der Waals surface area contributed by atoms with Crippen LogP contribution in [0.15, 0.2) is 90.7 Å². The number of anilines is 1. The van der Waals surface area contributed by atoms with Gasteiger partial charge in [-0.2, -0.15) is 0 Å². The molecule has 0 radical (unpaired) electrons. The summed E-state index contributed by atoms with van der Waals surface area (Å²) in [6, 6.07) is 22.4. The quantitative estimate of drug-likeness (QED) is 0.241. The van der Waals surface area contributed by atoms with E-state index in [1.807, 2.05) is 55.6 Å². The van der Waals surface area contributed by atoms with Crippen molar-refractivity contribution in [2.75, 3.05) is 11.9 Å². The molecule has 0 bridgehead atoms. The molecule has 2 aromatic carbocycles. The minimum absolute atomic E-state index is 0.163. The van der Waals surface area contributed by atoms with Crippen LogP contribution >= 0.6 is 0 Å². The first-order chi connectivity index (χ1) is 16.5. The van der Waals surface area contributed by atoms with E-state index in [9.17, 15) is 4.79 Å². The number of rotatable bonds is 11. The molecule has 0 aliphatic rings. The van der Waals surface area contributed by atoms with E-state index < -0.39 is 0 Å². The van der Waals surface area contributed by atoms with Crippen molar-refractivity contribution in [3.8, 4) is 0 Å². The fraction of sp³-hybridized carbons (Fsp3) is 0.290. The van der Waals surface area contributed by atoms with Crippen molar-refractivity contribution in [3.05, 3.63) is 113 Å². The molecule has 0 saturated carbocycles. The number of ketones is 1. The molecule has 1 heterocycles. The molecule has 0 spiro atoms. The topological polar surface area (TPSA) is 42.0 Å². The number of carbonyl (C=O) groups is 1. The van der Waals surface area contributed by atoms with Crippen LogP contribution in [0.1, 0.15) is 61.3 Å². The van der Waals surface area contributed by atoms with Crippen LogP contribution in [-0.2, 0) is 12.8 Å². The minimum atomic E-state index is 0.163. The Bertz CT molecular complexity index is 1130. The monoisotopic (exact) mass is 452 g/mol. The van der Waals surface area contributed by atoms with Crippen molar-refractivity contribution in [2.45, 2.75) is 47.0 Å². The summed E-state index contributed by atoms with van der Waals surface area (Å²) in [6.07, 6.45) is 8.08. The number of Topliss-reactive ketones (excluding diaryl/α,β-unsaturated/α-hetero) is 1. The Morgan fingerprint density at radius 3 is 2.44 bits per heavy atom. The van der Waals surface area contributed by atoms with Crippen LogP contribution in [-0.4, -0.2) is 17.3 Å². The van der Waals surface area contributed by atoms with Crippen molar-refractivity contribution in [2.24, 2.45) is 5.92 Å². The zero-order valence-corrected chi connectivity index (χ0v) is 20.8. The average molecular weight is 453 g/mol. The highest BCUT2D eigenvalue weighted by Crippen LogP contribution is 2.31. The summed E-state index contributed by atoms with van der Waals surface area (Å²) >= 11 is 0. The van der Waals surface area contributed by atoms with Gasteiger partial charge in [-0.3, -0.25) is 9.78 Å². The Labute approximate surface area is 204 Å². The van der Waals surface area contributed by atoms with Crippen molar-refractivity contribution in [1.82, 2.24) is 4.98 Å². The maximum Gasteiger partial charge on any atom is 0.165 e. The van der Waals surface area contributed by atoms with Crippen molar-refractivity contribution < 1.29 is 4.79 Å². The Hall–Kier alpha value is -3.46. The molecular formula is C31H36N2O. The van der Waals surface area contributed by atoms with Gasteiger partial charge in [0.2, 0.25) is 0 Å². The van der Waals surface area contributed by atoms with E-state index in [2.05, 4.69) is 67.5 Å². The first-order valence-corrected chi connectivity index (χ1v) is 12.2. The minimum Gasteiger partial charge on any atom is -0.384 e. The van der Waals surface area contributed by atoms with E-state index in [0.717, 1.165) is 35.3 Å². The van der Waals surface area contributed by atoms with Crippen molar-refractivity contribution in [1.29, 1.82) is 0 Å². The van der Waals surface area contributed by atoms with E-state index in [4.69, 9.17) is 0 Å². The molecular weight excluding hydrogens is 416 g/mol. The first kappa shape index (κ1) is 25.2. The molecule has 1 aromatic heterocycles. The molecule has 176 valence electrons. The van der Waals surface area contributed by atoms with Crippen LogP contribution in [0.25, 0.3) is 5.57 Å². The summed E-state index contributed by atoms with van der Waals surface area (Å²) in [7, 11) is 0. The molecule has 0 atom stereocenters. The van der Waals surface area contributed by atoms with Crippen LogP contribution in [0.5, 0.6) is 0 Å². The lowest BCUT2D eigenvalue weighted by atomic mass is 9.89. The second-order valence-corrected chi connectivity index (χ2v) is 8.92. The predicted molar refractivity (Wildman–Crippen MR) is 144 cm³/mol. The standard InChI is InChI=1S/C31H36N2O/c1-5-11-24(4)31(23(2)3)26-16-17-28(30(34)18-15-25-12-7-6-8-13-25)29(22-26)33-21-19-27-14-9-10-20-32-27/h5-14,16-17,20,22-23,33H,15,18-19,21H2,1-4H3/b11-5-,31-24+. The summed E-state index contributed by atoms with van der Waals surface area (Å²) in [5.41, 5.74) is 7.59. The Morgan fingerprint density at radius 1 is 1.00 bits per heavy atom. The van der Waals surface area contributed by atoms with Gasteiger partial charge in [0, 0.05) is 42.5 Å². The molecule has 1 N–H and O–H groups in total. The van der Waals surface area contributed by atoms with Gasteiger partial charge in [0.1, 0.15) is 0 Å². The largest absolute Gasteiger partial charge is 0.384 e. The molecule has 0 aliphatic heterocycles. The Morgan fingerprint density at radius 2 is 1.76 bits per heavy atom. The number of aromatic nitrogens is 1. The third-order valence-corrected chi connectivity index (χ3v) is 5.96. The summed E-state index contributed by atoms with van der Waals surface area (Å²) in [5, 5.41) is 3.54. The van der Waals surface area contributed by atoms with Crippen LogP contribution in [0.4, 0.5) is 5.69 Å². The number of hydrogen-bond donors (Lipinski definition) is 1. The van der Waals surface area contributed by atoms with Crippen LogP contribution in [0, 0.1) is 5.92 Å². The molecule has 0 aliphatic carbocycles. The van der Waals surface area contributed by atoms with Gasteiger partial charge in [-0.05, 0) is 72.7 Å². The molecule has 0 unspecified atom stereocenters. The third kappa shape index (κ3) is 7.02. The smallest absolute Gasteiger partial charge is 0.165 e. The number of aryl methyl sites for hydroxylation is 1. The molecule has 3 nitrogen and oxygen atoms in total. The highest BCUT2D eigenvalue weighted by Gasteiger charge is 2.16. The second kappa shape index (κ2) is 12.7. The first-order valence-electron chi connectivity index (χ1n) is 12.2. The molecule has 3 heteroatoms. The van der Waals surface area contributed by atoms with Crippen LogP contribution in [0.2, 0.25) is 0 Å². The summed E-state index contributed by atoms with van der Waals surface area (Å²) < 4.78 is 0. The number of benzene rings is 2. The highest BCUT2D eigenvalue weighted by molar-refractivity contribution is 6.02. The van der Waals surface area contributed by atoms with Gasteiger partial charge in [0.05, 0.1) is 0 Å². The number of allylic oxidation sites excluding steroid dienone is 4. The lowest BCUT2D eigenvalue weighted by molar-refractivity contribution is 0.0983. The van der Waals surface area contributed by atoms with Gasteiger partial charge in [0.15, 0.2) is 5.78 Å². The number of pyridine rings is 1. The molecule has 0 saturated heterocycles. The van der Waals surface area contributed by atoms with E-state index in [1.165, 1.54) is 16.7 Å². The van der Waals surface area contributed by atoms with Gasteiger partial charge >= 0.3 is 0 Å². The normalized spacial score (nSPS) is 12.1. The van der Waals surface area contributed by atoms with Gasteiger partial charge in [0.25, 0.3) is 0 Å². The lowest BCUT2D eigenvalue weighted by Crippen LogP contribution is -2.12. The number of nitrogens with one attached hydrogen (secondary N) is 1. The van der Waals surface area contributed by atoms with E-state index in [1.54, 1.807) is 0 Å². The van der Waals surface area contributed by atoms with Crippen molar-refractivity contribution >= 4 is 17.0 Å². The molecule has 0 amide bonds. The van der Waals surface area contributed by atoms with E-state index in [-0.39, 0.29) is 5.78 Å². The fourth-order valence-electron chi connectivity index (χ4n) is 4.37. The summed E-state index contributed by atoms with van der Waals surface area (Å²) in [5.74, 6) is 0.535. The van der Waals surface area contributed by atoms with Crippen LogP contribution < -0.4 is 5.32 Å². The highest BCUT2D eigenvalue weighted by atomic mass is 16.1. The average Bonchev–Trinajstić information content (AvgIpc) is 2.84. The Kier molecular flexibility index (Phi) is 9.40. The van der Waals surface area contributed by atoms with E-state index in [0.29, 0.717) is 18.9 Å². The SMILES string of the molecule is C/C=C\C(C)=C(\c1ccc(C(=O)CCc2ccccc2)c(NCCc2ccccn2)c1)C(C)C. The maximum atomic E-state index is 13.2. The second-order valence-electron chi connectivity index (χ2n) is 8.92. The Balaban J connectivity index is 1.88. The lowest BCUT2D eigenvalue weighted by Gasteiger charge is -2.18. The summed E-state index contributed by atoms with van der Waals surface area (Å²) in [6.45, 7) is 9.35. The third-order valence-electron chi connectivity index (χ3n) is 5.96. The van der Waals surface area contributed by atoms with E-state index >= 15 is 0 Å². The summed E-state index contributed by atoms with van der Waals surface area (Å²) in [4.78, 5) is 17.7. The van der Waals surface area contributed by atoms with Gasteiger partial charge < -0.3 is 5.32 Å². The molecule has 34 heavy (non-hydrogen) atoms.